The maximum atomic E-state index is 13.3. The molecule has 704 valence electrons. The Balaban J connectivity index is 0.000000138. The van der Waals surface area contributed by atoms with Crippen LogP contribution in [0.1, 0.15) is 77.4 Å². The number of hydrogen-bond acceptors (Lipinski definition) is 0. The standard InChI is InChI=1S/4C15H9F6N.3C13H9I2N/c4*1-22-12-4-2-8(14(16,17)18)6-10(12)11-7-9(15(19,20)21)3-5-13(11)22;3*1-16-12-4-2-8(14)6-10(12)11-7-9(15)3-5-13(11)16/h4*2-7H,1H3;3*2-7H,1H3/i2D,3D,4D,5D,6D,7D;2D,3D,6D,7D;2D,3D;;2D,3D,4D,5D,6D,7D;2D,3D,6D,7D;2D,3D. The Labute approximate surface area is 870 Å². The molecule has 0 amide bonds. The first-order chi connectivity index (χ1) is 73.4. The summed E-state index contributed by atoms with van der Waals surface area (Å²) in [5.41, 5.74) is -6.48. The lowest BCUT2D eigenvalue weighted by atomic mass is 10.1. The number of halogens is 30. The van der Waals surface area contributed by atoms with E-state index < -0.39 is 199 Å². The number of rotatable bonds is 0. The minimum Gasteiger partial charge on any atom is -0.344 e. The van der Waals surface area contributed by atoms with Crippen LogP contribution in [0.5, 0.6) is 0 Å². The minimum atomic E-state index is -5.23. The van der Waals surface area contributed by atoms with E-state index in [1.54, 1.807) is 35.4 Å². The Morgan fingerprint density at radius 3 is 0.596 bits per heavy atom. The van der Waals surface area contributed by atoms with Crippen LogP contribution in [0.15, 0.2) is 254 Å². The second kappa shape index (κ2) is 37.5. The number of hydrogen-bond donors (Lipinski definition) is 0. The third-order valence-electron chi connectivity index (χ3n) is 21.3. The van der Waals surface area contributed by atoms with Crippen molar-refractivity contribution in [3.8, 4) is 0 Å². The van der Waals surface area contributed by atoms with Crippen LogP contribution in [-0.2, 0) is 98.7 Å². The molecular formula is C99H63F24I6N7. The number of alkyl halides is 24. The van der Waals surface area contributed by atoms with Crippen molar-refractivity contribution < 1.29 is 138 Å². The number of nitrogens with zero attached hydrogens (tertiary/aromatic N) is 7. The Morgan fingerprint density at radius 2 is 0.331 bits per heavy atom. The molecule has 0 aliphatic carbocycles. The smallest absolute Gasteiger partial charge is 0.344 e. The second-order valence-electron chi connectivity index (χ2n) is 29.7. The predicted molar refractivity (Wildman–Crippen MR) is 539 cm³/mol. The van der Waals surface area contributed by atoms with Crippen LogP contribution in [0.3, 0.4) is 0 Å². The van der Waals surface area contributed by atoms with Gasteiger partial charge in [-0.3, -0.25) is 0 Å². The fourth-order valence-electron chi connectivity index (χ4n) is 14.9. The van der Waals surface area contributed by atoms with Crippen molar-refractivity contribution in [2.24, 2.45) is 49.3 Å². The van der Waals surface area contributed by atoms with Gasteiger partial charge in [0.15, 0.2) is 0 Å². The van der Waals surface area contributed by atoms with Crippen molar-refractivity contribution in [1.29, 1.82) is 0 Å². The zero-order valence-corrected chi connectivity index (χ0v) is 81.8. The zero-order chi connectivity index (χ0) is 120. The third kappa shape index (κ3) is 20.4. The fraction of sp³-hybridized carbons (Fsp3) is 0.152. The molecule has 0 spiro atoms. The van der Waals surface area contributed by atoms with Gasteiger partial charge in [0.25, 0.3) is 0 Å². The molecule has 14 aromatic carbocycles. The van der Waals surface area contributed by atoms with Crippen molar-refractivity contribution in [2.45, 2.75) is 49.4 Å². The second-order valence-corrected chi connectivity index (χ2v) is 36.3. The Bertz CT molecular complexity index is 9320. The lowest BCUT2D eigenvalue weighted by molar-refractivity contribution is -0.138. The molecule has 0 saturated heterocycles. The van der Waals surface area contributed by atoms with E-state index in [-0.39, 0.29) is 79.9 Å². The van der Waals surface area contributed by atoms with E-state index in [0.29, 0.717) is 106 Å². The summed E-state index contributed by atoms with van der Waals surface area (Å²) in [6.07, 6.45) is -39.2. The highest BCUT2D eigenvalue weighted by Crippen LogP contribution is 2.46. The number of aryl methyl sites for hydroxylation is 7. The number of fused-ring (bicyclic) bond motifs is 21. The van der Waals surface area contributed by atoms with Gasteiger partial charge in [-0.05, 0) is 390 Å². The van der Waals surface area contributed by atoms with Gasteiger partial charge < -0.3 is 32.0 Å². The van der Waals surface area contributed by atoms with Gasteiger partial charge in [0.1, 0.15) is 0 Å². The van der Waals surface area contributed by atoms with Crippen LogP contribution in [0.25, 0.3) is 153 Å². The Morgan fingerprint density at radius 1 is 0.162 bits per heavy atom. The van der Waals surface area contributed by atoms with E-state index in [4.69, 9.17) is 32.9 Å². The minimum absolute atomic E-state index is 0.0190. The third-order valence-corrected chi connectivity index (χ3v) is 24.8. The van der Waals surface area contributed by atoms with E-state index in [0.717, 1.165) is 100 Å². The van der Waals surface area contributed by atoms with Crippen LogP contribution in [0.4, 0.5) is 105 Å². The average molecular weight is 2590 g/mol. The first-order valence-electron chi connectivity index (χ1n) is 50.1. The molecule has 21 aromatic rings. The van der Waals surface area contributed by atoms with Gasteiger partial charge in [-0.2, -0.15) is 105 Å². The molecule has 0 bridgehead atoms. The van der Waals surface area contributed by atoms with Gasteiger partial charge in [-0.25, -0.2) is 0 Å². The first kappa shape index (κ1) is 73.5. The maximum absolute atomic E-state index is 13.3. The van der Waals surface area contributed by atoms with E-state index in [1.807, 2.05) is 121 Å². The van der Waals surface area contributed by atoms with Crippen molar-refractivity contribution in [3.63, 3.8) is 0 Å². The van der Waals surface area contributed by atoms with Crippen LogP contribution >= 0.6 is 136 Å². The molecule has 136 heavy (non-hydrogen) atoms. The molecule has 0 unspecified atom stereocenters. The molecule has 0 radical (unpaired) electrons. The summed E-state index contributed by atoms with van der Waals surface area (Å²) >= 11 is 12.1. The van der Waals surface area contributed by atoms with Crippen molar-refractivity contribution >= 4 is 288 Å². The SMILES string of the molecule is Cn1c2ccc(C(F)(F)F)cc2c2cc(C(F)(F)F)ccc21.[2H]c1c(C(F)(F)F)c([2H])c2c3c([2H])c(C(F)(F)F)c([2H])c([2H])c3n(C)c2c1[2H].[2H]c1c(I)c([2H])c2c3c([2H])c(I)c([2H])c([2H])c3n(C)c2c1[2H].[2H]c1cc2c(c([2H])c1C(F)(F)F)c1c([2H])c(C(F)(F)F)c([2H])cc1n2C.[2H]c1cc2c(c([2H])c1I)c1c([2H])c(I)c([2H])cc1n2C.[2H]c1cc2c(cc1C(F)(F)F)c1cc(C(F)(F)F)c([2H])cc1n2C.[2H]c1cc2c(cc1I)c1cc(I)c([2H])cc1n2C. The molecule has 21 rings (SSSR count). The lowest BCUT2D eigenvalue weighted by Gasteiger charge is -2.07. The molecular weight excluding hydrogens is 2500 g/mol. The van der Waals surface area contributed by atoms with Gasteiger partial charge in [0, 0.05) is 223 Å². The summed E-state index contributed by atoms with van der Waals surface area (Å²) < 4.78 is 517. The zero-order valence-electron chi connectivity index (χ0n) is 92.9. The van der Waals surface area contributed by atoms with E-state index >= 15 is 0 Å². The van der Waals surface area contributed by atoms with E-state index in [2.05, 4.69) is 61.9 Å². The van der Waals surface area contributed by atoms with Gasteiger partial charge >= 0.3 is 49.4 Å². The molecule has 0 atom stereocenters. The molecule has 0 aliphatic rings. The molecule has 0 N–H and O–H groups in total. The van der Waals surface area contributed by atoms with E-state index in [9.17, 15) is 105 Å². The van der Waals surface area contributed by atoms with Crippen molar-refractivity contribution in [1.82, 2.24) is 32.0 Å². The summed E-state index contributed by atoms with van der Waals surface area (Å²) in [4.78, 5) is 0. The van der Waals surface area contributed by atoms with Crippen LogP contribution in [0.2, 0.25) is 0 Å². The summed E-state index contributed by atoms with van der Waals surface area (Å²) in [7, 11) is 11.0. The maximum Gasteiger partial charge on any atom is 0.416 e. The largest absolute Gasteiger partial charge is 0.416 e. The summed E-state index contributed by atoms with van der Waals surface area (Å²) in [5.74, 6) is 0. The summed E-state index contributed by atoms with van der Waals surface area (Å²) in [6.45, 7) is 0. The highest BCUT2D eigenvalue weighted by molar-refractivity contribution is 14.1. The Hall–Kier alpha value is -9.62. The highest BCUT2D eigenvalue weighted by atomic mass is 127. The summed E-state index contributed by atoms with van der Waals surface area (Å²) in [5, 5.41) is 2.21. The van der Waals surface area contributed by atoms with Crippen LogP contribution in [-0.4, -0.2) is 32.0 Å². The van der Waals surface area contributed by atoms with E-state index in [1.165, 1.54) is 35.4 Å². The molecule has 7 aromatic heterocycles. The molecule has 7 nitrogen and oxygen atoms in total. The quantitative estimate of drug-likeness (QED) is 0.107. The molecule has 7 heterocycles. The number of aromatic nitrogens is 7. The van der Waals surface area contributed by atoms with Crippen molar-refractivity contribution in [3.05, 3.63) is 320 Å². The van der Waals surface area contributed by atoms with Gasteiger partial charge in [0.05, 0.1) is 77.4 Å². The first-order valence-corrected chi connectivity index (χ1v) is 44.6. The topological polar surface area (TPSA) is 34.5 Å². The van der Waals surface area contributed by atoms with Crippen molar-refractivity contribution in [2.75, 3.05) is 0 Å². The Kier molecular flexibility index (Phi) is 20.3. The molecule has 0 aliphatic heterocycles. The van der Waals surface area contributed by atoms with Gasteiger partial charge in [0.2, 0.25) is 0 Å². The number of benzene rings is 14. The normalized spacial score (nSPS) is 15.1. The van der Waals surface area contributed by atoms with Crippen LogP contribution in [0, 0.1) is 21.4 Å². The molecule has 0 saturated carbocycles. The molecule has 37 heteroatoms. The lowest BCUT2D eigenvalue weighted by Crippen LogP contribution is -2.04. The predicted octanol–water partition coefficient (Wildman–Crippen LogP) is 35.1. The van der Waals surface area contributed by atoms with Gasteiger partial charge in [-0.1, -0.05) is 0 Å². The highest BCUT2D eigenvalue weighted by Gasteiger charge is 2.39. The van der Waals surface area contributed by atoms with Gasteiger partial charge in [-0.15, -0.1) is 0 Å². The molecule has 0 fully saturated rings. The summed E-state index contributed by atoms with van der Waals surface area (Å²) in [6, 6.07) is 11.6. The monoisotopic (exact) mass is 2590 g/mol. The average Bonchev–Trinajstić information content (AvgIpc) is 1.54. The van der Waals surface area contributed by atoms with Crippen LogP contribution < -0.4 is 0 Å². The fourth-order valence-corrected chi connectivity index (χ4v) is 17.5.